The van der Waals surface area contributed by atoms with Crippen LogP contribution in [0.1, 0.15) is 0 Å². The summed E-state index contributed by atoms with van der Waals surface area (Å²) in [7, 11) is -3.72. The molecule has 1 heterocycles. The van der Waals surface area contributed by atoms with Crippen LogP contribution in [0.5, 0.6) is 11.5 Å². The molecule has 1 aromatic heterocycles. The van der Waals surface area contributed by atoms with Gasteiger partial charge in [-0.2, -0.15) is 0 Å². The molecule has 0 radical (unpaired) electrons. The number of hydrogen-bond donors (Lipinski definition) is 1. The minimum Gasteiger partial charge on any atom is -0.457 e. The van der Waals surface area contributed by atoms with Gasteiger partial charge in [0.05, 0.1) is 11.9 Å². The third-order valence-electron chi connectivity index (χ3n) is 4.48. The normalized spacial score (nSPS) is 11.1. The van der Waals surface area contributed by atoms with Crippen LogP contribution in [0.4, 0.5) is 10.8 Å². The molecule has 0 saturated carbocycles. The summed E-state index contributed by atoms with van der Waals surface area (Å²) < 4.78 is 31.5. The molecule has 1 N–H and O–H groups in total. The number of rotatable bonds is 8. The fourth-order valence-corrected chi connectivity index (χ4v) is 4.59. The molecule has 10 heteroatoms. The number of sulfonamides is 1. The lowest BCUT2D eigenvalue weighted by Crippen LogP contribution is -2.37. The molecule has 0 bridgehead atoms. The lowest BCUT2D eigenvalue weighted by Gasteiger charge is -2.21. The number of nitrogens with zero attached hydrogens (tertiary/aromatic N) is 3. The van der Waals surface area contributed by atoms with E-state index in [4.69, 9.17) is 4.74 Å². The highest BCUT2D eigenvalue weighted by Gasteiger charge is 2.22. The van der Waals surface area contributed by atoms with Gasteiger partial charge in [0, 0.05) is 5.56 Å². The van der Waals surface area contributed by atoms with Gasteiger partial charge >= 0.3 is 0 Å². The van der Waals surface area contributed by atoms with Crippen molar-refractivity contribution in [2.45, 2.75) is 0 Å². The van der Waals surface area contributed by atoms with Gasteiger partial charge in [-0.3, -0.25) is 14.4 Å². The average Bonchev–Trinajstić information content (AvgIpc) is 3.27. The van der Waals surface area contributed by atoms with Crippen LogP contribution >= 0.6 is 11.3 Å². The summed E-state index contributed by atoms with van der Waals surface area (Å²) >= 11 is 1.21. The molecule has 0 saturated heterocycles. The fraction of sp³-hybridized carbons (Fsp3) is 0.0870. The van der Waals surface area contributed by atoms with E-state index >= 15 is 0 Å². The molecule has 0 spiro atoms. The second-order valence-electron chi connectivity index (χ2n) is 7.01. The number of nitrogens with one attached hydrogen (secondary N) is 1. The van der Waals surface area contributed by atoms with E-state index in [0.29, 0.717) is 27.3 Å². The van der Waals surface area contributed by atoms with Crippen molar-refractivity contribution < 1.29 is 17.9 Å². The highest BCUT2D eigenvalue weighted by molar-refractivity contribution is 7.92. The summed E-state index contributed by atoms with van der Waals surface area (Å²) in [6.07, 6.45) is 1.05. The van der Waals surface area contributed by atoms with Crippen molar-refractivity contribution in [2.24, 2.45) is 0 Å². The average molecular weight is 481 g/mol. The molecule has 4 aromatic rings. The largest absolute Gasteiger partial charge is 0.457 e. The van der Waals surface area contributed by atoms with Crippen LogP contribution in [0.15, 0.2) is 84.9 Å². The first-order chi connectivity index (χ1) is 15.9. The summed E-state index contributed by atoms with van der Waals surface area (Å²) in [6, 6.07) is 25.2. The van der Waals surface area contributed by atoms with Gasteiger partial charge in [-0.15, -0.1) is 10.2 Å². The second kappa shape index (κ2) is 9.80. The van der Waals surface area contributed by atoms with Crippen molar-refractivity contribution in [3.63, 3.8) is 0 Å². The van der Waals surface area contributed by atoms with Crippen molar-refractivity contribution in [1.29, 1.82) is 0 Å². The maximum atomic E-state index is 12.6. The minimum atomic E-state index is -3.72. The first-order valence-corrected chi connectivity index (χ1v) is 12.5. The maximum absolute atomic E-state index is 12.6. The zero-order valence-electron chi connectivity index (χ0n) is 17.6. The van der Waals surface area contributed by atoms with Crippen molar-refractivity contribution >= 4 is 38.1 Å². The number of anilines is 2. The molecule has 0 atom stereocenters. The van der Waals surface area contributed by atoms with Gasteiger partial charge in [-0.05, 0) is 36.4 Å². The minimum absolute atomic E-state index is 0.291. The molecular weight excluding hydrogens is 460 g/mol. The van der Waals surface area contributed by atoms with E-state index in [2.05, 4.69) is 15.5 Å². The lowest BCUT2D eigenvalue weighted by molar-refractivity contribution is -0.114. The Balaban J connectivity index is 1.45. The molecule has 8 nitrogen and oxygen atoms in total. The van der Waals surface area contributed by atoms with Gasteiger partial charge in [0.1, 0.15) is 23.1 Å². The van der Waals surface area contributed by atoms with Crippen molar-refractivity contribution in [2.75, 3.05) is 22.4 Å². The van der Waals surface area contributed by atoms with Crippen LogP contribution < -0.4 is 14.4 Å². The highest BCUT2D eigenvalue weighted by atomic mass is 32.2. The third-order valence-corrected chi connectivity index (χ3v) is 6.51. The van der Waals surface area contributed by atoms with Gasteiger partial charge in [0.2, 0.25) is 21.1 Å². The highest BCUT2D eigenvalue weighted by Crippen LogP contribution is 2.27. The van der Waals surface area contributed by atoms with E-state index in [-0.39, 0.29) is 0 Å². The smallest absolute Gasteiger partial charge is 0.246 e. The Morgan fingerprint density at radius 2 is 1.52 bits per heavy atom. The molecule has 3 aromatic carbocycles. The predicted octanol–water partition coefficient (Wildman–Crippen LogP) is 4.40. The maximum Gasteiger partial charge on any atom is 0.246 e. The SMILES string of the molecule is CS(=O)(=O)N(CC(=O)Nc1nnc(-c2ccccc2)s1)c1ccc(Oc2ccccc2)cc1. The number of aromatic nitrogens is 2. The number of benzene rings is 3. The zero-order valence-corrected chi connectivity index (χ0v) is 19.2. The number of ether oxygens (including phenoxy) is 1. The van der Waals surface area contributed by atoms with E-state index in [1.807, 2.05) is 60.7 Å². The standard InChI is InChI=1S/C23H20N4O4S2/c1-33(29,30)27(18-12-14-20(15-13-18)31-19-10-6-3-7-11-19)16-21(28)24-23-26-25-22(32-23)17-8-4-2-5-9-17/h2-15H,16H2,1H3,(H,24,26,28). The topological polar surface area (TPSA) is 101 Å². The second-order valence-corrected chi connectivity index (χ2v) is 9.89. The monoisotopic (exact) mass is 480 g/mol. The van der Waals surface area contributed by atoms with Crippen LogP contribution in [0.3, 0.4) is 0 Å². The Kier molecular flexibility index (Phi) is 6.66. The summed E-state index contributed by atoms with van der Waals surface area (Å²) in [5.74, 6) is 0.683. The third kappa shape index (κ3) is 5.93. The van der Waals surface area contributed by atoms with Gasteiger partial charge in [-0.25, -0.2) is 8.42 Å². The summed E-state index contributed by atoms with van der Waals surface area (Å²) in [4.78, 5) is 12.6. The summed E-state index contributed by atoms with van der Waals surface area (Å²) in [6.45, 7) is -0.405. The quantitative estimate of drug-likeness (QED) is 0.401. The first kappa shape index (κ1) is 22.4. The fourth-order valence-electron chi connectivity index (χ4n) is 2.97. The molecule has 168 valence electrons. The van der Waals surface area contributed by atoms with Crippen LogP contribution in [0.2, 0.25) is 0 Å². The van der Waals surface area contributed by atoms with Crippen LogP contribution in [-0.4, -0.2) is 37.3 Å². The zero-order chi connectivity index (χ0) is 23.3. The van der Waals surface area contributed by atoms with E-state index < -0.39 is 22.5 Å². The number of hydrogen-bond acceptors (Lipinski definition) is 7. The molecule has 33 heavy (non-hydrogen) atoms. The Morgan fingerprint density at radius 3 is 2.15 bits per heavy atom. The van der Waals surface area contributed by atoms with Gasteiger partial charge in [0.25, 0.3) is 0 Å². The van der Waals surface area contributed by atoms with Crippen molar-refractivity contribution in [3.05, 3.63) is 84.9 Å². The number of amides is 1. The molecule has 0 unspecified atom stereocenters. The van der Waals surface area contributed by atoms with Crippen LogP contribution in [0, 0.1) is 0 Å². The van der Waals surface area contributed by atoms with Crippen molar-refractivity contribution in [1.82, 2.24) is 10.2 Å². The Bertz CT molecular complexity index is 1330. The molecule has 0 fully saturated rings. The Labute approximate surface area is 195 Å². The molecule has 0 aliphatic rings. The van der Waals surface area contributed by atoms with E-state index in [1.165, 1.54) is 11.3 Å². The Hall–Kier alpha value is -3.76. The molecular formula is C23H20N4O4S2. The van der Waals surface area contributed by atoms with Crippen LogP contribution in [0.25, 0.3) is 10.6 Å². The van der Waals surface area contributed by atoms with Gasteiger partial charge in [-0.1, -0.05) is 59.9 Å². The van der Waals surface area contributed by atoms with Gasteiger partial charge in [0.15, 0.2) is 0 Å². The first-order valence-electron chi connectivity index (χ1n) is 9.88. The van der Waals surface area contributed by atoms with Crippen LogP contribution in [-0.2, 0) is 14.8 Å². The predicted molar refractivity (Wildman–Crippen MR) is 129 cm³/mol. The molecule has 0 aliphatic carbocycles. The van der Waals surface area contributed by atoms with Crippen molar-refractivity contribution in [3.8, 4) is 22.1 Å². The number of carbonyl (C=O) groups excluding carboxylic acids is 1. The lowest BCUT2D eigenvalue weighted by atomic mass is 10.2. The Morgan fingerprint density at radius 1 is 0.909 bits per heavy atom. The summed E-state index contributed by atoms with van der Waals surface area (Å²) in [5, 5.41) is 11.6. The van der Waals surface area contributed by atoms with Gasteiger partial charge < -0.3 is 4.74 Å². The molecule has 1 amide bonds. The van der Waals surface area contributed by atoms with E-state index in [9.17, 15) is 13.2 Å². The molecule has 0 aliphatic heterocycles. The number of para-hydroxylation sites is 1. The van der Waals surface area contributed by atoms with E-state index in [1.54, 1.807) is 24.3 Å². The molecule has 4 rings (SSSR count). The van der Waals surface area contributed by atoms with E-state index in [0.717, 1.165) is 16.1 Å². The summed E-state index contributed by atoms with van der Waals surface area (Å²) in [5.41, 5.74) is 1.22. The number of carbonyl (C=O) groups is 1.